The first-order valence-corrected chi connectivity index (χ1v) is 6.57. The summed E-state index contributed by atoms with van der Waals surface area (Å²) < 4.78 is 22.1. The van der Waals surface area contributed by atoms with Crippen LogP contribution in [0.5, 0.6) is 0 Å². The Morgan fingerprint density at radius 2 is 1.88 bits per heavy atom. The van der Waals surface area contributed by atoms with Gasteiger partial charge in [-0.1, -0.05) is 12.1 Å². The van der Waals surface area contributed by atoms with Crippen molar-refractivity contribution in [2.75, 3.05) is 0 Å². The Labute approximate surface area is 94.5 Å². The Morgan fingerprint density at radius 1 is 1.31 bits per heavy atom. The SMILES string of the molecule is CC(=O)C1CC1c1ccc(S(N)(=O)=O)cc1. The number of Topliss-reactive ketones (excluding diaryl/α,β-unsaturated/α-hetero) is 1. The van der Waals surface area contributed by atoms with Crippen LogP contribution in [0.4, 0.5) is 0 Å². The zero-order valence-corrected chi connectivity index (χ0v) is 9.70. The van der Waals surface area contributed by atoms with E-state index in [0.29, 0.717) is 0 Å². The van der Waals surface area contributed by atoms with E-state index in [1.807, 2.05) is 0 Å². The molecule has 2 unspecified atom stereocenters. The molecule has 16 heavy (non-hydrogen) atoms. The largest absolute Gasteiger partial charge is 0.300 e. The van der Waals surface area contributed by atoms with Crippen molar-refractivity contribution in [1.29, 1.82) is 0 Å². The van der Waals surface area contributed by atoms with Gasteiger partial charge in [0.25, 0.3) is 0 Å². The highest BCUT2D eigenvalue weighted by atomic mass is 32.2. The highest BCUT2D eigenvalue weighted by molar-refractivity contribution is 7.89. The third-order valence-electron chi connectivity index (χ3n) is 2.95. The predicted molar refractivity (Wildman–Crippen MR) is 59.3 cm³/mol. The van der Waals surface area contributed by atoms with Crippen molar-refractivity contribution in [1.82, 2.24) is 0 Å². The van der Waals surface area contributed by atoms with Crippen LogP contribution in [0, 0.1) is 5.92 Å². The van der Waals surface area contributed by atoms with Gasteiger partial charge in [0.15, 0.2) is 0 Å². The molecule has 1 aliphatic rings. The lowest BCUT2D eigenvalue weighted by atomic mass is 10.1. The first-order chi connectivity index (χ1) is 7.39. The summed E-state index contributed by atoms with van der Waals surface area (Å²) in [6.07, 6.45) is 0.865. The molecular weight excluding hydrogens is 226 g/mol. The standard InChI is InChI=1S/C11H13NO3S/c1-7(13)10-6-11(10)8-2-4-9(5-3-8)16(12,14)15/h2-5,10-11H,6H2,1H3,(H2,12,14,15). The van der Waals surface area contributed by atoms with Crippen LogP contribution in [0.25, 0.3) is 0 Å². The van der Waals surface area contributed by atoms with Gasteiger partial charge < -0.3 is 0 Å². The van der Waals surface area contributed by atoms with Crippen LogP contribution in [-0.4, -0.2) is 14.2 Å². The maximum atomic E-state index is 11.1. The minimum atomic E-state index is -3.62. The van der Waals surface area contributed by atoms with E-state index < -0.39 is 10.0 Å². The Hall–Kier alpha value is -1.20. The number of carbonyl (C=O) groups is 1. The third-order valence-corrected chi connectivity index (χ3v) is 3.88. The molecule has 2 rings (SSSR count). The number of hydrogen-bond acceptors (Lipinski definition) is 3. The fourth-order valence-corrected chi connectivity index (χ4v) is 2.43. The van der Waals surface area contributed by atoms with Crippen molar-refractivity contribution in [3.8, 4) is 0 Å². The Kier molecular flexibility index (Phi) is 2.59. The van der Waals surface area contributed by atoms with Crippen molar-refractivity contribution in [3.63, 3.8) is 0 Å². The van der Waals surface area contributed by atoms with Gasteiger partial charge in [-0.2, -0.15) is 0 Å². The molecule has 4 nitrogen and oxygen atoms in total. The summed E-state index contributed by atoms with van der Waals surface area (Å²) in [4.78, 5) is 11.2. The lowest BCUT2D eigenvalue weighted by Gasteiger charge is -2.01. The Morgan fingerprint density at radius 3 is 2.25 bits per heavy atom. The molecule has 1 aromatic rings. The molecule has 1 aliphatic carbocycles. The van der Waals surface area contributed by atoms with E-state index >= 15 is 0 Å². The molecule has 2 N–H and O–H groups in total. The summed E-state index contributed by atoms with van der Waals surface area (Å²) in [5.41, 5.74) is 1.01. The van der Waals surface area contributed by atoms with E-state index in [4.69, 9.17) is 5.14 Å². The van der Waals surface area contributed by atoms with Gasteiger partial charge >= 0.3 is 0 Å². The normalized spacial score (nSPS) is 24.1. The van der Waals surface area contributed by atoms with E-state index in [1.54, 1.807) is 19.1 Å². The molecule has 0 spiro atoms. The number of nitrogens with two attached hydrogens (primary N) is 1. The lowest BCUT2D eigenvalue weighted by molar-refractivity contribution is -0.118. The van der Waals surface area contributed by atoms with Crippen LogP contribution < -0.4 is 5.14 Å². The maximum absolute atomic E-state index is 11.1. The highest BCUT2D eigenvalue weighted by Gasteiger charge is 2.41. The zero-order chi connectivity index (χ0) is 11.9. The van der Waals surface area contributed by atoms with Crippen molar-refractivity contribution in [3.05, 3.63) is 29.8 Å². The minimum Gasteiger partial charge on any atom is -0.300 e. The van der Waals surface area contributed by atoms with Gasteiger partial charge in [0.05, 0.1) is 4.90 Å². The molecule has 86 valence electrons. The number of carbonyl (C=O) groups excluding carboxylic acids is 1. The van der Waals surface area contributed by atoms with Crippen LogP contribution in [0.3, 0.4) is 0 Å². The van der Waals surface area contributed by atoms with E-state index in [1.165, 1.54) is 12.1 Å². The summed E-state index contributed by atoms with van der Waals surface area (Å²) in [5.74, 6) is 0.563. The second-order valence-electron chi connectivity index (χ2n) is 4.17. The number of ketones is 1. The summed E-state index contributed by atoms with van der Waals surface area (Å²) in [6, 6.07) is 6.43. The fourth-order valence-electron chi connectivity index (χ4n) is 1.92. The fraction of sp³-hybridized carbons (Fsp3) is 0.364. The molecule has 0 saturated heterocycles. The topological polar surface area (TPSA) is 77.2 Å². The first kappa shape index (κ1) is 11.3. The van der Waals surface area contributed by atoms with E-state index in [2.05, 4.69) is 0 Å². The number of hydrogen-bond donors (Lipinski definition) is 1. The van der Waals surface area contributed by atoms with Gasteiger partial charge in [-0.05, 0) is 37.0 Å². The van der Waals surface area contributed by atoms with E-state index in [9.17, 15) is 13.2 Å². The van der Waals surface area contributed by atoms with Gasteiger partial charge in [0, 0.05) is 5.92 Å². The number of sulfonamides is 1. The highest BCUT2D eigenvalue weighted by Crippen LogP contribution is 2.47. The summed E-state index contributed by atoms with van der Waals surface area (Å²) >= 11 is 0. The van der Waals surface area contributed by atoms with Crippen molar-refractivity contribution < 1.29 is 13.2 Å². The van der Waals surface area contributed by atoms with Gasteiger partial charge in [-0.25, -0.2) is 13.6 Å². The molecule has 1 aromatic carbocycles. The number of primary sulfonamides is 1. The molecule has 0 radical (unpaired) electrons. The van der Waals surface area contributed by atoms with E-state index in [-0.39, 0.29) is 22.5 Å². The van der Waals surface area contributed by atoms with Crippen molar-refractivity contribution >= 4 is 15.8 Å². The van der Waals surface area contributed by atoms with Gasteiger partial charge in [-0.3, -0.25) is 4.79 Å². The lowest BCUT2D eigenvalue weighted by Crippen LogP contribution is -2.11. The van der Waals surface area contributed by atoms with Gasteiger partial charge in [0.1, 0.15) is 5.78 Å². The van der Waals surface area contributed by atoms with Crippen LogP contribution in [-0.2, 0) is 14.8 Å². The van der Waals surface area contributed by atoms with Crippen LogP contribution in [0.2, 0.25) is 0 Å². The van der Waals surface area contributed by atoms with Crippen LogP contribution in [0.1, 0.15) is 24.8 Å². The molecule has 5 heteroatoms. The second-order valence-corrected chi connectivity index (χ2v) is 5.73. The van der Waals surface area contributed by atoms with Gasteiger partial charge in [-0.15, -0.1) is 0 Å². The molecular formula is C11H13NO3S. The monoisotopic (exact) mass is 239 g/mol. The number of rotatable bonds is 3. The molecule has 0 aromatic heterocycles. The van der Waals surface area contributed by atoms with Crippen molar-refractivity contribution in [2.45, 2.75) is 24.2 Å². The molecule has 0 amide bonds. The molecule has 0 aliphatic heterocycles. The number of benzene rings is 1. The third kappa shape index (κ3) is 2.15. The minimum absolute atomic E-state index is 0.108. The summed E-state index contributed by atoms with van der Waals surface area (Å²) in [5, 5.41) is 4.99. The molecule has 1 saturated carbocycles. The smallest absolute Gasteiger partial charge is 0.238 e. The molecule has 2 atom stereocenters. The van der Waals surface area contributed by atoms with Crippen LogP contribution >= 0.6 is 0 Å². The predicted octanol–water partition coefficient (Wildman–Crippen LogP) is 1.03. The maximum Gasteiger partial charge on any atom is 0.238 e. The Bertz CT molecular complexity index is 519. The molecule has 0 heterocycles. The summed E-state index contributed by atoms with van der Waals surface area (Å²) in [6.45, 7) is 1.59. The molecule has 1 fully saturated rings. The van der Waals surface area contributed by atoms with E-state index in [0.717, 1.165) is 12.0 Å². The average molecular weight is 239 g/mol. The second kappa shape index (κ2) is 3.68. The van der Waals surface area contributed by atoms with Crippen molar-refractivity contribution in [2.24, 2.45) is 11.1 Å². The van der Waals surface area contributed by atoms with Gasteiger partial charge in [0.2, 0.25) is 10.0 Å². The van der Waals surface area contributed by atoms with Crippen LogP contribution in [0.15, 0.2) is 29.2 Å². The summed E-state index contributed by atoms with van der Waals surface area (Å²) in [7, 11) is -3.62. The Balaban J connectivity index is 2.19. The zero-order valence-electron chi connectivity index (χ0n) is 8.88. The average Bonchev–Trinajstić information content (AvgIpc) is 2.96. The quantitative estimate of drug-likeness (QED) is 0.855. The first-order valence-electron chi connectivity index (χ1n) is 5.03. The molecule has 0 bridgehead atoms.